The van der Waals surface area contributed by atoms with Crippen LogP contribution >= 0.6 is 0 Å². The van der Waals surface area contributed by atoms with E-state index in [1.165, 1.54) is 0 Å². The normalized spacial score (nSPS) is 14.6. The van der Waals surface area contributed by atoms with Gasteiger partial charge < -0.3 is 10.1 Å². The van der Waals surface area contributed by atoms with Gasteiger partial charge in [0.1, 0.15) is 5.60 Å². The van der Waals surface area contributed by atoms with Crippen LogP contribution in [0.1, 0.15) is 71.7 Å². The molecule has 0 aromatic heterocycles. The zero-order valence-electron chi connectivity index (χ0n) is 20.6. The second-order valence-corrected chi connectivity index (χ2v) is 10.3. The van der Waals surface area contributed by atoms with E-state index in [-0.39, 0.29) is 30.2 Å². The van der Waals surface area contributed by atoms with Crippen LogP contribution in [0.25, 0.3) is 0 Å². The summed E-state index contributed by atoms with van der Waals surface area (Å²) in [4.78, 5) is 38.8. The van der Waals surface area contributed by atoms with E-state index < -0.39 is 29.3 Å². The van der Waals surface area contributed by atoms with Crippen molar-refractivity contribution in [2.24, 2.45) is 35.4 Å². The molecule has 2 amide bonds. The van der Waals surface area contributed by atoms with Gasteiger partial charge in [-0.3, -0.25) is 19.8 Å². The molecule has 0 aliphatic heterocycles. The Bertz CT molecular complexity index is 741. The average molecular weight is 448 g/mol. The Kier molecular flexibility index (Phi) is 10.9. The standard InChI is InChI=1S/C25H41N3O4/c1-16(2)13-19(15-27-22(29)18-11-9-8-10-12-18)21(24(31)32-25(5,6)7)20(14-17(3)4)23(30)28-26/h8-12,16-17,19-21H,13-15,26H2,1-7H3,(H,27,29)(H,28,30)/t19?,20-,21+/m1/s1. The molecule has 0 spiro atoms. The monoisotopic (exact) mass is 447 g/mol. The first-order valence-corrected chi connectivity index (χ1v) is 11.4. The molecular weight excluding hydrogens is 406 g/mol. The zero-order chi connectivity index (χ0) is 24.5. The van der Waals surface area contributed by atoms with Gasteiger partial charge in [0.15, 0.2) is 0 Å². The van der Waals surface area contributed by atoms with E-state index in [0.29, 0.717) is 18.4 Å². The smallest absolute Gasteiger partial charge is 0.310 e. The van der Waals surface area contributed by atoms with Gasteiger partial charge >= 0.3 is 5.97 Å². The summed E-state index contributed by atoms with van der Waals surface area (Å²) < 4.78 is 5.74. The Labute approximate surface area is 192 Å². The molecule has 0 fully saturated rings. The van der Waals surface area contributed by atoms with Crippen molar-refractivity contribution in [2.75, 3.05) is 6.54 Å². The van der Waals surface area contributed by atoms with Crippen LogP contribution in [-0.4, -0.2) is 29.9 Å². The van der Waals surface area contributed by atoms with E-state index in [2.05, 4.69) is 24.6 Å². The highest BCUT2D eigenvalue weighted by Crippen LogP contribution is 2.33. The number of hydrogen-bond donors (Lipinski definition) is 3. The van der Waals surface area contributed by atoms with Crippen LogP contribution in [0.5, 0.6) is 0 Å². The predicted molar refractivity (Wildman–Crippen MR) is 126 cm³/mol. The highest BCUT2D eigenvalue weighted by molar-refractivity contribution is 5.94. The van der Waals surface area contributed by atoms with Gasteiger partial charge in [-0.15, -0.1) is 0 Å². The van der Waals surface area contributed by atoms with Gasteiger partial charge in [-0.05, 0) is 63.5 Å². The number of hydrogen-bond acceptors (Lipinski definition) is 5. The van der Waals surface area contributed by atoms with Crippen molar-refractivity contribution in [2.45, 2.75) is 66.9 Å². The molecule has 32 heavy (non-hydrogen) atoms. The number of hydrazine groups is 1. The van der Waals surface area contributed by atoms with Gasteiger partial charge in [0.05, 0.1) is 11.8 Å². The number of benzene rings is 1. The van der Waals surface area contributed by atoms with Gasteiger partial charge in [-0.2, -0.15) is 0 Å². The summed E-state index contributed by atoms with van der Waals surface area (Å²) in [6, 6.07) is 8.92. The molecule has 4 N–H and O–H groups in total. The van der Waals surface area contributed by atoms with Crippen molar-refractivity contribution < 1.29 is 19.1 Å². The van der Waals surface area contributed by atoms with Crippen LogP contribution in [0.2, 0.25) is 0 Å². The van der Waals surface area contributed by atoms with Crippen molar-refractivity contribution in [3.8, 4) is 0 Å². The molecule has 1 unspecified atom stereocenters. The fourth-order valence-corrected chi connectivity index (χ4v) is 3.96. The molecule has 0 saturated carbocycles. The van der Waals surface area contributed by atoms with Crippen LogP contribution in [0.3, 0.4) is 0 Å². The maximum Gasteiger partial charge on any atom is 0.310 e. The summed E-state index contributed by atoms with van der Waals surface area (Å²) in [5.74, 6) is 3.17. The molecule has 0 bridgehead atoms. The van der Waals surface area contributed by atoms with Crippen LogP contribution in [0, 0.1) is 29.6 Å². The second kappa shape index (κ2) is 12.6. The Morgan fingerprint density at radius 2 is 1.53 bits per heavy atom. The third-order valence-corrected chi connectivity index (χ3v) is 5.16. The molecule has 0 aliphatic rings. The summed E-state index contributed by atoms with van der Waals surface area (Å²) in [7, 11) is 0. The quantitative estimate of drug-likeness (QED) is 0.207. The summed E-state index contributed by atoms with van der Waals surface area (Å²) >= 11 is 0. The molecule has 7 nitrogen and oxygen atoms in total. The number of carbonyl (C=O) groups excluding carboxylic acids is 3. The molecule has 7 heteroatoms. The van der Waals surface area contributed by atoms with E-state index in [9.17, 15) is 14.4 Å². The Morgan fingerprint density at radius 3 is 2.00 bits per heavy atom. The number of esters is 1. The summed E-state index contributed by atoms with van der Waals surface area (Å²) in [5, 5.41) is 2.96. The lowest BCUT2D eigenvalue weighted by Gasteiger charge is -2.35. The van der Waals surface area contributed by atoms with Gasteiger partial charge in [0.2, 0.25) is 5.91 Å². The van der Waals surface area contributed by atoms with Crippen molar-refractivity contribution in [1.82, 2.24) is 10.7 Å². The van der Waals surface area contributed by atoms with Crippen LogP contribution in [0.4, 0.5) is 0 Å². The van der Waals surface area contributed by atoms with Crippen molar-refractivity contribution in [1.29, 1.82) is 0 Å². The highest BCUT2D eigenvalue weighted by atomic mass is 16.6. The fraction of sp³-hybridized carbons (Fsp3) is 0.640. The first-order valence-electron chi connectivity index (χ1n) is 11.4. The SMILES string of the molecule is CC(C)CC(CNC(=O)c1ccccc1)[C@H](C(=O)OC(C)(C)C)[C@@H](CC(C)C)C(=O)NN. The van der Waals surface area contributed by atoms with E-state index in [0.717, 1.165) is 0 Å². The number of rotatable bonds is 11. The zero-order valence-corrected chi connectivity index (χ0v) is 20.6. The maximum atomic E-state index is 13.4. The molecule has 1 aromatic rings. The van der Waals surface area contributed by atoms with Crippen LogP contribution < -0.4 is 16.6 Å². The minimum Gasteiger partial charge on any atom is -0.460 e. The Balaban J connectivity index is 3.29. The molecule has 0 heterocycles. The van der Waals surface area contributed by atoms with Gasteiger partial charge in [0.25, 0.3) is 5.91 Å². The largest absolute Gasteiger partial charge is 0.460 e. The van der Waals surface area contributed by atoms with Crippen LogP contribution in [0.15, 0.2) is 30.3 Å². The molecule has 1 rings (SSSR count). The minimum atomic E-state index is -0.737. The molecular formula is C25H41N3O4. The van der Waals surface area contributed by atoms with E-state index in [1.54, 1.807) is 45.0 Å². The van der Waals surface area contributed by atoms with E-state index >= 15 is 0 Å². The van der Waals surface area contributed by atoms with Gasteiger partial charge in [-0.1, -0.05) is 45.9 Å². The number of nitrogens with one attached hydrogen (secondary N) is 2. The fourth-order valence-electron chi connectivity index (χ4n) is 3.96. The van der Waals surface area contributed by atoms with Crippen molar-refractivity contribution in [3.63, 3.8) is 0 Å². The number of ether oxygens (including phenoxy) is 1. The Morgan fingerprint density at radius 1 is 0.969 bits per heavy atom. The van der Waals surface area contributed by atoms with E-state index in [4.69, 9.17) is 10.6 Å². The van der Waals surface area contributed by atoms with Crippen molar-refractivity contribution >= 4 is 17.8 Å². The third kappa shape index (κ3) is 9.39. The van der Waals surface area contributed by atoms with E-state index in [1.807, 2.05) is 19.9 Å². The summed E-state index contributed by atoms with van der Waals surface area (Å²) in [6.07, 6.45) is 1.12. The predicted octanol–water partition coefficient (Wildman–Crippen LogP) is 3.69. The number of nitrogens with two attached hydrogens (primary N) is 1. The number of amides is 2. The molecule has 0 saturated heterocycles. The second-order valence-electron chi connectivity index (χ2n) is 10.3. The molecule has 1 aromatic carbocycles. The first kappa shape index (κ1) is 27.6. The van der Waals surface area contributed by atoms with Gasteiger partial charge in [-0.25, -0.2) is 5.84 Å². The average Bonchev–Trinajstić information content (AvgIpc) is 2.69. The number of carbonyl (C=O) groups is 3. The Hall–Kier alpha value is -2.41. The first-order chi connectivity index (χ1) is 14.9. The van der Waals surface area contributed by atoms with Crippen LogP contribution in [-0.2, 0) is 14.3 Å². The van der Waals surface area contributed by atoms with Gasteiger partial charge in [0, 0.05) is 12.1 Å². The summed E-state index contributed by atoms with van der Waals surface area (Å²) in [6.45, 7) is 13.8. The third-order valence-electron chi connectivity index (χ3n) is 5.16. The lowest BCUT2D eigenvalue weighted by atomic mass is 9.74. The topological polar surface area (TPSA) is 111 Å². The lowest BCUT2D eigenvalue weighted by molar-refractivity contribution is -0.167. The minimum absolute atomic E-state index is 0.167. The maximum absolute atomic E-state index is 13.4. The molecule has 3 atom stereocenters. The molecule has 0 aliphatic carbocycles. The summed E-state index contributed by atoms with van der Waals surface area (Å²) in [5.41, 5.74) is 2.08. The lowest BCUT2D eigenvalue weighted by Crippen LogP contribution is -2.48. The highest BCUT2D eigenvalue weighted by Gasteiger charge is 2.42. The van der Waals surface area contributed by atoms with Crippen molar-refractivity contribution in [3.05, 3.63) is 35.9 Å². The molecule has 0 radical (unpaired) electrons. The molecule has 180 valence electrons.